The summed E-state index contributed by atoms with van der Waals surface area (Å²) in [7, 11) is 1.56. The van der Waals surface area contributed by atoms with Gasteiger partial charge in [0.2, 0.25) is 0 Å². The number of hydrogen-bond acceptors (Lipinski definition) is 4. The predicted molar refractivity (Wildman–Crippen MR) is 98.5 cm³/mol. The second kappa shape index (κ2) is 15.9. The molecule has 0 rings (SSSR count). The summed E-state index contributed by atoms with van der Waals surface area (Å²) in [5.41, 5.74) is 0. The molecule has 0 aliphatic carbocycles. The topological polar surface area (TPSA) is 52.6 Å². The standard InChI is InChI=1S/C19H35ClO4/c1-4-6-7-8-9-10-11-12-13-16(18(15-20)23-3)17(21)14-19(22)24-5-2/h16,18H,4-15H2,1-3H3/t16-,18-/m1/s1. The van der Waals surface area contributed by atoms with Crippen LogP contribution in [-0.4, -0.2) is 37.5 Å². The van der Waals surface area contributed by atoms with Gasteiger partial charge in [0, 0.05) is 18.9 Å². The molecule has 0 fully saturated rings. The minimum Gasteiger partial charge on any atom is -0.466 e. The third kappa shape index (κ3) is 11.0. The molecule has 0 spiro atoms. The summed E-state index contributed by atoms with van der Waals surface area (Å²) in [4.78, 5) is 23.9. The monoisotopic (exact) mass is 362 g/mol. The van der Waals surface area contributed by atoms with Crippen molar-refractivity contribution in [1.82, 2.24) is 0 Å². The third-order valence-electron chi connectivity index (χ3n) is 4.31. The van der Waals surface area contributed by atoms with Gasteiger partial charge in [-0.15, -0.1) is 11.6 Å². The maximum absolute atomic E-state index is 12.4. The summed E-state index contributed by atoms with van der Waals surface area (Å²) >= 11 is 5.92. The zero-order valence-electron chi connectivity index (χ0n) is 15.7. The molecule has 0 unspecified atom stereocenters. The molecule has 2 atom stereocenters. The number of carbonyl (C=O) groups excluding carboxylic acids is 2. The molecule has 0 saturated heterocycles. The lowest BCUT2D eigenvalue weighted by molar-refractivity contribution is -0.147. The number of ether oxygens (including phenoxy) is 2. The van der Waals surface area contributed by atoms with E-state index in [0.717, 1.165) is 19.3 Å². The van der Waals surface area contributed by atoms with Crippen molar-refractivity contribution in [2.75, 3.05) is 19.6 Å². The highest BCUT2D eigenvalue weighted by molar-refractivity contribution is 6.18. The number of unbranched alkanes of at least 4 members (excludes halogenated alkanes) is 7. The first-order chi connectivity index (χ1) is 11.6. The van der Waals surface area contributed by atoms with Gasteiger partial charge in [-0.2, -0.15) is 0 Å². The van der Waals surface area contributed by atoms with Crippen LogP contribution in [0, 0.1) is 5.92 Å². The fourth-order valence-electron chi connectivity index (χ4n) is 2.87. The molecule has 0 bridgehead atoms. The van der Waals surface area contributed by atoms with Gasteiger partial charge in [0.1, 0.15) is 12.2 Å². The smallest absolute Gasteiger partial charge is 0.313 e. The lowest BCUT2D eigenvalue weighted by Crippen LogP contribution is -2.33. The normalized spacial score (nSPS) is 13.5. The SMILES string of the molecule is CCCCCCCCCC[C@H](C(=O)CC(=O)OCC)[C@@H](CCl)OC. The van der Waals surface area contributed by atoms with Crippen LogP contribution in [0.3, 0.4) is 0 Å². The minimum atomic E-state index is -0.465. The summed E-state index contributed by atoms with van der Waals surface area (Å²) in [6.45, 7) is 4.24. The largest absolute Gasteiger partial charge is 0.466 e. The highest BCUT2D eigenvalue weighted by atomic mass is 35.5. The lowest BCUT2D eigenvalue weighted by Gasteiger charge is -2.23. The van der Waals surface area contributed by atoms with Gasteiger partial charge >= 0.3 is 5.97 Å². The Morgan fingerprint density at radius 3 is 2.04 bits per heavy atom. The molecule has 0 aliphatic rings. The van der Waals surface area contributed by atoms with E-state index in [9.17, 15) is 9.59 Å². The zero-order chi connectivity index (χ0) is 18.2. The second-order valence-electron chi connectivity index (χ2n) is 6.25. The summed E-state index contributed by atoms with van der Waals surface area (Å²) in [6.07, 6.45) is 9.90. The number of carbonyl (C=O) groups is 2. The van der Waals surface area contributed by atoms with E-state index < -0.39 is 5.97 Å². The van der Waals surface area contributed by atoms with E-state index in [4.69, 9.17) is 21.1 Å². The van der Waals surface area contributed by atoms with Crippen molar-refractivity contribution in [2.45, 2.75) is 84.2 Å². The molecule has 0 aromatic heterocycles. The second-order valence-corrected chi connectivity index (χ2v) is 6.56. The number of rotatable bonds is 16. The van der Waals surface area contributed by atoms with Crippen molar-refractivity contribution in [1.29, 1.82) is 0 Å². The number of halogens is 1. The van der Waals surface area contributed by atoms with Gasteiger partial charge in [-0.05, 0) is 13.3 Å². The number of Topliss-reactive ketones (excluding diaryl/α,β-unsaturated/α-hetero) is 1. The molecular formula is C19H35ClO4. The van der Waals surface area contributed by atoms with Crippen molar-refractivity contribution in [3.05, 3.63) is 0 Å². The van der Waals surface area contributed by atoms with E-state index in [1.54, 1.807) is 14.0 Å². The van der Waals surface area contributed by atoms with Gasteiger partial charge in [0.05, 0.1) is 12.7 Å². The third-order valence-corrected chi connectivity index (χ3v) is 4.61. The number of methoxy groups -OCH3 is 1. The highest BCUT2D eigenvalue weighted by Crippen LogP contribution is 2.21. The summed E-state index contributed by atoms with van der Waals surface area (Å²) < 4.78 is 10.2. The van der Waals surface area contributed by atoms with Gasteiger partial charge in [0.15, 0.2) is 0 Å². The van der Waals surface area contributed by atoms with Crippen molar-refractivity contribution in [3.63, 3.8) is 0 Å². The number of esters is 1. The molecule has 5 heteroatoms. The zero-order valence-corrected chi connectivity index (χ0v) is 16.4. The average Bonchev–Trinajstić information content (AvgIpc) is 2.56. The van der Waals surface area contributed by atoms with Crippen LogP contribution in [0.15, 0.2) is 0 Å². The molecule has 0 aliphatic heterocycles. The Bertz CT molecular complexity index is 329. The summed E-state index contributed by atoms with van der Waals surface area (Å²) in [5, 5.41) is 0. The Morgan fingerprint density at radius 2 is 1.54 bits per heavy atom. The van der Waals surface area contributed by atoms with Gasteiger partial charge in [-0.1, -0.05) is 58.3 Å². The van der Waals surface area contributed by atoms with Crippen molar-refractivity contribution in [2.24, 2.45) is 5.92 Å². The van der Waals surface area contributed by atoms with Crippen LogP contribution >= 0.6 is 11.6 Å². The molecule has 4 nitrogen and oxygen atoms in total. The van der Waals surface area contributed by atoms with Crippen molar-refractivity contribution in [3.8, 4) is 0 Å². The van der Waals surface area contributed by atoms with Crippen LogP contribution < -0.4 is 0 Å². The fraction of sp³-hybridized carbons (Fsp3) is 0.895. The average molecular weight is 363 g/mol. The predicted octanol–water partition coefficient (Wildman–Crippen LogP) is 4.91. The van der Waals surface area contributed by atoms with E-state index in [1.165, 1.54) is 38.5 Å². The van der Waals surface area contributed by atoms with Crippen LogP contribution in [-0.2, 0) is 19.1 Å². The molecular weight excluding hydrogens is 328 g/mol. The van der Waals surface area contributed by atoms with Crippen LogP contribution in [0.4, 0.5) is 0 Å². The Kier molecular flexibility index (Phi) is 15.5. The molecule has 0 aromatic carbocycles. The molecule has 0 saturated carbocycles. The molecule has 0 aromatic rings. The highest BCUT2D eigenvalue weighted by Gasteiger charge is 2.29. The summed E-state index contributed by atoms with van der Waals surface area (Å²) in [6, 6.07) is 0. The maximum Gasteiger partial charge on any atom is 0.313 e. The van der Waals surface area contributed by atoms with Crippen LogP contribution in [0.25, 0.3) is 0 Å². The van der Waals surface area contributed by atoms with Crippen LogP contribution in [0.5, 0.6) is 0 Å². The van der Waals surface area contributed by atoms with Crippen LogP contribution in [0.2, 0.25) is 0 Å². The molecule has 142 valence electrons. The van der Waals surface area contributed by atoms with Gasteiger partial charge in [-0.3, -0.25) is 9.59 Å². The van der Waals surface area contributed by atoms with E-state index >= 15 is 0 Å². The van der Waals surface area contributed by atoms with Gasteiger partial charge < -0.3 is 9.47 Å². The van der Waals surface area contributed by atoms with Gasteiger partial charge in [-0.25, -0.2) is 0 Å². The first kappa shape index (κ1) is 23.4. The van der Waals surface area contributed by atoms with Crippen LogP contribution in [0.1, 0.15) is 78.1 Å². The van der Waals surface area contributed by atoms with Crippen molar-refractivity contribution < 1.29 is 19.1 Å². The lowest BCUT2D eigenvalue weighted by atomic mass is 9.90. The van der Waals surface area contributed by atoms with Crippen molar-refractivity contribution >= 4 is 23.4 Å². The number of alkyl halides is 1. The fourth-order valence-corrected chi connectivity index (χ4v) is 3.21. The van der Waals surface area contributed by atoms with E-state index in [2.05, 4.69) is 6.92 Å². The molecule has 0 amide bonds. The molecule has 24 heavy (non-hydrogen) atoms. The molecule has 0 radical (unpaired) electrons. The summed E-state index contributed by atoms with van der Waals surface area (Å²) in [5.74, 6) is -0.652. The maximum atomic E-state index is 12.4. The Morgan fingerprint density at radius 1 is 0.958 bits per heavy atom. The van der Waals surface area contributed by atoms with Gasteiger partial charge in [0.25, 0.3) is 0 Å². The first-order valence-corrected chi connectivity index (χ1v) is 9.91. The number of ketones is 1. The minimum absolute atomic E-state index is 0.121. The number of hydrogen-bond donors (Lipinski definition) is 0. The van der Waals surface area contributed by atoms with E-state index in [-0.39, 0.29) is 36.7 Å². The van der Waals surface area contributed by atoms with E-state index in [1.807, 2.05) is 0 Å². The molecule has 0 heterocycles. The Balaban J connectivity index is 4.22. The first-order valence-electron chi connectivity index (χ1n) is 9.37. The van der Waals surface area contributed by atoms with E-state index in [0.29, 0.717) is 0 Å². The Hall–Kier alpha value is -0.610. The quantitative estimate of drug-likeness (QED) is 0.169. The molecule has 0 N–H and O–H groups in total. The Labute approximate surface area is 152 Å².